The molecule has 0 aliphatic heterocycles. The van der Waals surface area contributed by atoms with Crippen molar-refractivity contribution in [3.05, 3.63) is 30.5 Å². The van der Waals surface area contributed by atoms with Gasteiger partial charge in [0, 0.05) is 24.7 Å². The average molecular weight is 230 g/mol. The van der Waals surface area contributed by atoms with Crippen LogP contribution in [0.25, 0.3) is 10.9 Å². The molecule has 2 N–H and O–H groups in total. The minimum Gasteiger partial charge on any atom is -0.341 e. The highest BCUT2D eigenvalue weighted by Gasteiger charge is 2.11. The molecule has 1 unspecified atom stereocenters. The quantitative estimate of drug-likeness (QED) is 0.870. The minimum absolute atomic E-state index is 0.348. The van der Waals surface area contributed by atoms with Crippen LogP contribution in [0.5, 0.6) is 0 Å². The third-order valence-corrected chi connectivity index (χ3v) is 3.04. The molecular formula is C13H18N4. The molecule has 0 radical (unpaired) electrons. The monoisotopic (exact) mass is 230 g/mol. The Morgan fingerprint density at radius 2 is 2.12 bits per heavy atom. The van der Waals surface area contributed by atoms with Crippen molar-refractivity contribution >= 4 is 16.9 Å². The summed E-state index contributed by atoms with van der Waals surface area (Å²) < 4.78 is 0. The lowest BCUT2D eigenvalue weighted by Crippen LogP contribution is -2.32. The number of nitrogens with zero attached hydrogens (tertiary/aromatic N) is 3. The number of benzene rings is 1. The van der Waals surface area contributed by atoms with Crippen molar-refractivity contribution in [3.8, 4) is 0 Å². The molecule has 0 saturated carbocycles. The Kier molecular flexibility index (Phi) is 3.54. The molecule has 1 atom stereocenters. The summed E-state index contributed by atoms with van der Waals surface area (Å²) in [5.74, 6) is 0.754. The van der Waals surface area contributed by atoms with E-state index in [0.717, 1.165) is 23.3 Å². The lowest BCUT2D eigenvalue weighted by Gasteiger charge is -2.24. The first kappa shape index (κ1) is 11.8. The third kappa shape index (κ3) is 2.53. The van der Waals surface area contributed by atoms with Crippen LogP contribution in [0.3, 0.4) is 0 Å². The van der Waals surface area contributed by atoms with Gasteiger partial charge < -0.3 is 10.6 Å². The van der Waals surface area contributed by atoms with Gasteiger partial charge in [-0.3, -0.25) is 0 Å². The lowest BCUT2D eigenvalue weighted by molar-refractivity contribution is 0.624. The van der Waals surface area contributed by atoms with Crippen LogP contribution in [-0.2, 0) is 0 Å². The highest BCUT2D eigenvalue weighted by atomic mass is 15.2. The van der Waals surface area contributed by atoms with Crippen LogP contribution in [0, 0.1) is 0 Å². The fraction of sp³-hybridized carbons (Fsp3) is 0.385. The van der Waals surface area contributed by atoms with Gasteiger partial charge in [0.1, 0.15) is 0 Å². The zero-order valence-corrected chi connectivity index (χ0v) is 10.3. The van der Waals surface area contributed by atoms with Crippen LogP contribution in [0.1, 0.15) is 13.3 Å². The van der Waals surface area contributed by atoms with Crippen molar-refractivity contribution in [3.63, 3.8) is 0 Å². The number of rotatable bonds is 4. The van der Waals surface area contributed by atoms with E-state index in [4.69, 9.17) is 5.73 Å². The Morgan fingerprint density at radius 1 is 1.35 bits per heavy atom. The molecule has 0 aliphatic carbocycles. The number of fused-ring (bicyclic) bond motifs is 1. The van der Waals surface area contributed by atoms with Gasteiger partial charge in [0.05, 0.1) is 5.52 Å². The first-order valence-corrected chi connectivity index (χ1v) is 5.87. The zero-order chi connectivity index (χ0) is 12.3. The molecule has 2 aromatic rings. The van der Waals surface area contributed by atoms with E-state index in [-0.39, 0.29) is 0 Å². The second-order valence-electron chi connectivity index (χ2n) is 4.27. The maximum atomic E-state index is 5.57. The molecule has 2 rings (SSSR count). The first-order chi connectivity index (χ1) is 8.22. The number of para-hydroxylation sites is 1. The fourth-order valence-electron chi connectivity index (χ4n) is 1.76. The van der Waals surface area contributed by atoms with Gasteiger partial charge in [-0.25, -0.2) is 9.97 Å². The van der Waals surface area contributed by atoms with Gasteiger partial charge >= 0.3 is 0 Å². The number of anilines is 1. The number of aromatic nitrogens is 2. The summed E-state index contributed by atoms with van der Waals surface area (Å²) in [4.78, 5) is 11.0. The molecule has 4 heteroatoms. The largest absolute Gasteiger partial charge is 0.341 e. The Bertz CT molecular complexity index is 497. The Hall–Kier alpha value is -1.68. The average Bonchev–Trinajstić information content (AvgIpc) is 2.37. The molecule has 0 amide bonds. The van der Waals surface area contributed by atoms with Crippen molar-refractivity contribution in [2.24, 2.45) is 5.73 Å². The van der Waals surface area contributed by atoms with E-state index < -0.39 is 0 Å². The molecule has 1 aromatic carbocycles. The normalized spacial score (nSPS) is 12.6. The van der Waals surface area contributed by atoms with E-state index in [1.807, 2.05) is 37.5 Å². The van der Waals surface area contributed by atoms with Crippen LogP contribution in [-0.4, -0.2) is 29.6 Å². The minimum atomic E-state index is 0.348. The Labute approximate surface area is 101 Å². The summed E-state index contributed by atoms with van der Waals surface area (Å²) in [5.41, 5.74) is 6.54. The number of hydrogen-bond acceptors (Lipinski definition) is 4. The molecule has 1 heterocycles. The van der Waals surface area contributed by atoms with Gasteiger partial charge in [0.25, 0.3) is 0 Å². The number of hydrogen-bond donors (Lipinski definition) is 1. The third-order valence-electron chi connectivity index (χ3n) is 3.04. The summed E-state index contributed by atoms with van der Waals surface area (Å²) in [6.07, 6.45) is 2.80. The molecule has 90 valence electrons. The smallest absolute Gasteiger partial charge is 0.225 e. The van der Waals surface area contributed by atoms with Gasteiger partial charge in [-0.1, -0.05) is 18.2 Å². The van der Waals surface area contributed by atoms with Crippen molar-refractivity contribution in [2.75, 3.05) is 18.5 Å². The molecule has 4 nitrogen and oxygen atoms in total. The van der Waals surface area contributed by atoms with Crippen LogP contribution in [0.4, 0.5) is 5.95 Å². The highest BCUT2D eigenvalue weighted by molar-refractivity contribution is 5.78. The van der Waals surface area contributed by atoms with E-state index in [1.165, 1.54) is 0 Å². The van der Waals surface area contributed by atoms with Crippen LogP contribution < -0.4 is 10.6 Å². The second kappa shape index (κ2) is 5.10. The zero-order valence-electron chi connectivity index (χ0n) is 10.3. The van der Waals surface area contributed by atoms with Crippen molar-refractivity contribution < 1.29 is 0 Å². The number of nitrogens with two attached hydrogens (primary N) is 1. The molecular weight excluding hydrogens is 212 g/mol. The molecule has 0 fully saturated rings. The van der Waals surface area contributed by atoms with Crippen molar-refractivity contribution in [1.29, 1.82) is 0 Å². The van der Waals surface area contributed by atoms with Crippen molar-refractivity contribution in [1.82, 2.24) is 9.97 Å². The van der Waals surface area contributed by atoms with E-state index in [0.29, 0.717) is 12.6 Å². The fourth-order valence-corrected chi connectivity index (χ4v) is 1.76. The molecule has 0 aliphatic rings. The van der Waals surface area contributed by atoms with E-state index >= 15 is 0 Å². The molecule has 1 aromatic heterocycles. The molecule has 0 spiro atoms. The van der Waals surface area contributed by atoms with Crippen LogP contribution in [0.2, 0.25) is 0 Å². The van der Waals surface area contributed by atoms with E-state index in [2.05, 4.69) is 21.8 Å². The van der Waals surface area contributed by atoms with Gasteiger partial charge in [-0.15, -0.1) is 0 Å². The predicted octanol–water partition coefficient (Wildman–Crippen LogP) is 1.80. The van der Waals surface area contributed by atoms with Crippen LogP contribution in [0.15, 0.2) is 30.5 Å². The van der Waals surface area contributed by atoms with E-state index in [1.54, 1.807) is 0 Å². The van der Waals surface area contributed by atoms with Crippen molar-refractivity contribution in [2.45, 2.75) is 19.4 Å². The van der Waals surface area contributed by atoms with Gasteiger partial charge in [-0.2, -0.15) is 0 Å². The maximum Gasteiger partial charge on any atom is 0.225 e. The standard InChI is InChI=1S/C13H18N4/c1-10(7-8-14)17(2)13-15-9-11-5-3-4-6-12(11)16-13/h3-6,9-10H,7-8,14H2,1-2H3. The predicted molar refractivity (Wildman–Crippen MR) is 71.1 cm³/mol. The Balaban J connectivity index is 2.29. The second-order valence-corrected chi connectivity index (χ2v) is 4.27. The van der Waals surface area contributed by atoms with Crippen LogP contribution >= 0.6 is 0 Å². The summed E-state index contributed by atoms with van der Waals surface area (Å²) in [5, 5.41) is 1.07. The summed E-state index contributed by atoms with van der Waals surface area (Å²) in [7, 11) is 2.00. The summed E-state index contributed by atoms with van der Waals surface area (Å²) in [6, 6.07) is 8.35. The van der Waals surface area contributed by atoms with E-state index in [9.17, 15) is 0 Å². The first-order valence-electron chi connectivity index (χ1n) is 5.87. The molecule has 0 saturated heterocycles. The Morgan fingerprint density at radius 3 is 2.88 bits per heavy atom. The highest BCUT2D eigenvalue weighted by Crippen LogP contribution is 2.15. The van der Waals surface area contributed by atoms with Gasteiger partial charge in [0.2, 0.25) is 5.95 Å². The molecule has 0 bridgehead atoms. The SMILES string of the molecule is CC(CCN)N(C)c1ncc2ccccc2n1. The van der Waals surface area contributed by atoms with Gasteiger partial charge in [0.15, 0.2) is 0 Å². The van der Waals surface area contributed by atoms with Gasteiger partial charge in [-0.05, 0) is 26.0 Å². The molecule has 17 heavy (non-hydrogen) atoms. The maximum absolute atomic E-state index is 5.57. The topological polar surface area (TPSA) is 55.0 Å². The summed E-state index contributed by atoms with van der Waals surface area (Å²) in [6.45, 7) is 2.81. The summed E-state index contributed by atoms with van der Waals surface area (Å²) >= 11 is 0. The lowest BCUT2D eigenvalue weighted by atomic mass is 10.2.